The summed E-state index contributed by atoms with van der Waals surface area (Å²) in [6.45, 7) is 3.66. The molecule has 0 aliphatic carbocycles. The zero-order valence-corrected chi connectivity index (χ0v) is 21.0. The number of ether oxygens (including phenoxy) is 3. The summed E-state index contributed by atoms with van der Waals surface area (Å²) in [5.41, 5.74) is 2.71. The number of hydrogen-bond donors (Lipinski definition) is 2. The van der Waals surface area contributed by atoms with Crippen LogP contribution in [-0.4, -0.2) is 39.0 Å². The van der Waals surface area contributed by atoms with Crippen LogP contribution in [0.4, 0.5) is 0 Å². The molecule has 172 valence electrons. The molecule has 0 aliphatic heterocycles. The number of nitrogens with zero attached hydrogens (tertiary/aromatic N) is 2. The van der Waals surface area contributed by atoms with Gasteiger partial charge in [-0.1, -0.05) is 35.5 Å². The van der Waals surface area contributed by atoms with Gasteiger partial charge in [0, 0.05) is 18.2 Å². The Morgan fingerprint density at radius 2 is 1.66 bits per heavy atom. The number of guanidine groups is 1. The van der Waals surface area contributed by atoms with E-state index in [4.69, 9.17) is 18.7 Å². The Morgan fingerprint density at radius 1 is 0.969 bits per heavy atom. The molecular weight excluding hydrogens is 523 g/mol. The maximum atomic E-state index is 5.46. The molecular formula is C23H29IN4O4. The Kier molecular flexibility index (Phi) is 10.1. The summed E-state index contributed by atoms with van der Waals surface area (Å²) in [7, 11) is 4.77. The summed E-state index contributed by atoms with van der Waals surface area (Å²) in [6.07, 6.45) is 0. The number of halogens is 1. The van der Waals surface area contributed by atoms with Gasteiger partial charge in [0.25, 0.3) is 0 Å². The molecule has 0 amide bonds. The van der Waals surface area contributed by atoms with Crippen LogP contribution in [-0.2, 0) is 13.1 Å². The number of aromatic nitrogens is 1. The van der Waals surface area contributed by atoms with E-state index >= 15 is 0 Å². The first-order chi connectivity index (χ1) is 15.2. The summed E-state index contributed by atoms with van der Waals surface area (Å²) >= 11 is 0. The molecule has 3 aromatic rings. The van der Waals surface area contributed by atoms with Crippen LogP contribution in [0.15, 0.2) is 58.0 Å². The molecule has 1 heterocycles. The normalized spacial score (nSPS) is 10.8. The first-order valence-corrected chi connectivity index (χ1v) is 10.0. The van der Waals surface area contributed by atoms with Gasteiger partial charge >= 0.3 is 0 Å². The summed E-state index contributed by atoms with van der Waals surface area (Å²) in [5, 5.41) is 10.7. The third-order valence-electron chi connectivity index (χ3n) is 4.54. The molecule has 32 heavy (non-hydrogen) atoms. The molecule has 0 aliphatic rings. The number of nitrogens with one attached hydrogen (secondary N) is 2. The molecule has 2 aromatic carbocycles. The molecule has 3 rings (SSSR count). The van der Waals surface area contributed by atoms with Crippen molar-refractivity contribution in [1.29, 1.82) is 0 Å². The summed E-state index contributed by atoms with van der Waals surface area (Å²) in [6, 6.07) is 15.6. The largest absolute Gasteiger partial charge is 0.493 e. The highest BCUT2D eigenvalue weighted by molar-refractivity contribution is 14.0. The van der Waals surface area contributed by atoms with Crippen molar-refractivity contribution in [2.45, 2.75) is 20.0 Å². The topological polar surface area (TPSA) is 90.1 Å². The average molecular weight is 552 g/mol. The highest BCUT2D eigenvalue weighted by atomic mass is 127. The minimum atomic E-state index is 0. The second kappa shape index (κ2) is 12.8. The van der Waals surface area contributed by atoms with Gasteiger partial charge in [-0.3, -0.25) is 0 Å². The van der Waals surface area contributed by atoms with Gasteiger partial charge in [-0.25, -0.2) is 4.99 Å². The molecule has 0 fully saturated rings. The number of aliphatic imine (C=N–C) groups is 1. The van der Waals surface area contributed by atoms with Gasteiger partial charge in [-0.15, -0.1) is 24.0 Å². The zero-order chi connectivity index (χ0) is 22.1. The lowest BCUT2D eigenvalue weighted by Gasteiger charge is -2.14. The molecule has 0 saturated carbocycles. The van der Waals surface area contributed by atoms with Crippen molar-refractivity contribution < 1.29 is 18.7 Å². The highest BCUT2D eigenvalue weighted by Gasteiger charge is 2.13. The van der Waals surface area contributed by atoms with Crippen LogP contribution in [0, 0.1) is 0 Å². The molecule has 0 unspecified atom stereocenters. The van der Waals surface area contributed by atoms with Crippen LogP contribution >= 0.6 is 24.0 Å². The van der Waals surface area contributed by atoms with Gasteiger partial charge in [-0.05, 0) is 24.6 Å². The molecule has 1 aromatic heterocycles. The second-order valence-electron chi connectivity index (χ2n) is 6.63. The van der Waals surface area contributed by atoms with Crippen LogP contribution in [0.25, 0.3) is 11.3 Å². The lowest BCUT2D eigenvalue weighted by Crippen LogP contribution is -2.36. The smallest absolute Gasteiger partial charge is 0.203 e. The molecule has 0 saturated heterocycles. The van der Waals surface area contributed by atoms with Gasteiger partial charge < -0.3 is 29.4 Å². The van der Waals surface area contributed by atoms with E-state index < -0.39 is 0 Å². The predicted molar refractivity (Wildman–Crippen MR) is 135 cm³/mol. The average Bonchev–Trinajstić information content (AvgIpc) is 3.29. The fraction of sp³-hybridized carbons (Fsp3) is 0.304. The Morgan fingerprint density at radius 3 is 2.25 bits per heavy atom. The minimum Gasteiger partial charge on any atom is -0.493 e. The van der Waals surface area contributed by atoms with E-state index in [9.17, 15) is 0 Å². The van der Waals surface area contributed by atoms with Crippen molar-refractivity contribution >= 4 is 29.9 Å². The monoisotopic (exact) mass is 552 g/mol. The highest BCUT2D eigenvalue weighted by Crippen LogP contribution is 2.38. The zero-order valence-electron chi connectivity index (χ0n) is 18.7. The molecule has 0 radical (unpaired) electrons. The van der Waals surface area contributed by atoms with Crippen molar-refractivity contribution in [3.05, 3.63) is 59.8 Å². The number of methoxy groups -OCH3 is 3. The van der Waals surface area contributed by atoms with Crippen LogP contribution in [0.5, 0.6) is 17.2 Å². The molecule has 8 nitrogen and oxygen atoms in total. The number of rotatable bonds is 9. The summed E-state index contributed by atoms with van der Waals surface area (Å²) < 4.78 is 21.7. The minimum absolute atomic E-state index is 0. The lowest BCUT2D eigenvalue weighted by atomic mass is 10.2. The van der Waals surface area contributed by atoms with Gasteiger partial charge in [-0.2, -0.15) is 0 Å². The standard InChI is InChI=1S/C23H28N4O4.HI/c1-5-24-23(25-14-16-11-20(28-2)22(30-4)21(12-16)29-3)26-15-18-13-19(31-27-18)17-9-7-6-8-10-17;/h6-13H,5,14-15H2,1-4H3,(H2,24,25,26);1H. The fourth-order valence-corrected chi connectivity index (χ4v) is 3.05. The Balaban J connectivity index is 0.00000363. The van der Waals surface area contributed by atoms with Gasteiger partial charge in [0.05, 0.1) is 34.4 Å². The van der Waals surface area contributed by atoms with E-state index in [2.05, 4.69) is 20.8 Å². The molecule has 0 spiro atoms. The van der Waals surface area contributed by atoms with Crippen molar-refractivity contribution in [1.82, 2.24) is 15.8 Å². The van der Waals surface area contributed by atoms with Crippen LogP contribution in [0.2, 0.25) is 0 Å². The van der Waals surface area contributed by atoms with Crippen molar-refractivity contribution in [3.8, 4) is 28.6 Å². The number of hydrogen-bond acceptors (Lipinski definition) is 6. The van der Waals surface area contributed by atoms with Crippen molar-refractivity contribution in [2.24, 2.45) is 4.99 Å². The predicted octanol–water partition coefficient (Wildman–Crippen LogP) is 4.24. The van der Waals surface area contributed by atoms with Gasteiger partial charge in [0.2, 0.25) is 5.75 Å². The third kappa shape index (κ3) is 6.52. The molecule has 9 heteroatoms. The quantitative estimate of drug-likeness (QED) is 0.233. The van der Waals surface area contributed by atoms with E-state index in [0.717, 1.165) is 29.1 Å². The summed E-state index contributed by atoms with van der Waals surface area (Å²) in [5.74, 6) is 3.15. The van der Waals surface area contributed by atoms with Crippen molar-refractivity contribution in [2.75, 3.05) is 27.9 Å². The Labute approximate surface area is 205 Å². The van der Waals surface area contributed by atoms with E-state index in [-0.39, 0.29) is 24.0 Å². The fourth-order valence-electron chi connectivity index (χ4n) is 3.05. The molecule has 0 bridgehead atoms. The van der Waals surface area contributed by atoms with Crippen molar-refractivity contribution in [3.63, 3.8) is 0 Å². The van der Waals surface area contributed by atoms with E-state index in [1.54, 1.807) is 21.3 Å². The van der Waals surface area contributed by atoms with E-state index in [0.29, 0.717) is 36.3 Å². The lowest BCUT2D eigenvalue weighted by molar-refractivity contribution is 0.324. The molecule has 0 atom stereocenters. The van der Waals surface area contributed by atoms with E-state index in [1.807, 2.05) is 55.5 Å². The Bertz CT molecular complexity index is 983. The van der Waals surface area contributed by atoms with Crippen LogP contribution in [0.1, 0.15) is 18.2 Å². The SMILES string of the molecule is CCNC(=NCc1cc(OC)c(OC)c(OC)c1)NCc1cc(-c2ccccc2)on1.I. The first kappa shape index (κ1) is 25.3. The Hall–Kier alpha value is -2.95. The number of benzene rings is 2. The van der Waals surface area contributed by atoms with Gasteiger partial charge in [0.15, 0.2) is 23.2 Å². The summed E-state index contributed by atoms with van der Waals surface area (Å²) in [4.78, 5) is 4.65. The van der Waals surface area contributed by atoms with E-state index in [1.165, 1.54) is 0 Å². The van der Waals surface area contributed by atoms with Crippen LogP contribution in [0.3, 0.4) is 0 Å². The second-order valence-corrected chi connectivity index (χ2v) is 6.63. The molecule has 2 N–H and O–H groups in total. The maximum absolute atomic E-state index is 5.46. The first-order valence-electron chi connectivity index (χ1n) is 10.0. The van der Waals surface area contributed by atoms with Crippen LogP contribution < -0.4 is 24.8 Å². The van der Waals surface area contributed by atoms with Gasteiger partial charge in [0.1, 0.15) is 5.69 Å². The third-order valence-corrected chi connectivity index (χ3v) is 4.54. The maximum Gasteiger partial charge on any atom is 0.203 e.